The van der Waals surface area contributed by atoms with Gasteiger partial charge in [-0.05, 0) is 32.5 Å². The molecule has 0 aromatic rings. The second-order valence-electron chi connectivity index (χ2n) is 6.22. The summed E-state index contributed by atoms with van der Waals surface area (Å²) < 4.78 is 18.4. The van der Waals surface area contributed by atoms with Crippen LogP contribution in [0.4, 0.5) is 0 Å². The number of rotatable bonds is 5. The molecule has 21 heavy (non-hydrogen) atoms. The van der Waals surface area contributed by atoms with Gasteiger partial charge in [0.15, 0.2) is 0 Å². The van der Waals surface area contributed by atoms with Crippen LogP contribution < -0.4 is 0 Å². The SMILES string of the molecule is CCO[Si]1(CC)CCCOCC(CN2CCN(C)CC2)O1. The molecule has 2 rings (SSSR count). The molecule has 0 N–H and O–H groups in total. The molecule has 0 aromatic carbocycles. The quantitative estimate of drug-likeness (QED) is 0.719. The lowest BCUT2D eigenvalue weighted by atomic mass is 10.3. The van der Waals surface area contributed by atoms with Gasteiger partial charge < -0.3 is 18.5 Å². The van der Waals surface area contributed by atoms with E-state index in [4.69, 9.17) is 13.6 Å². The Hall–Kier alpha value is 0.0169. The first kappa shape index (κ1) is 17.4. The fraction of sp³-hybridized carbons (Fsp3) is 1.00. The molecule has 2 atom stereocenters. The highest BCUT2D eigenvalue weighted by Gasteiger charge is 2.39. The molecule has 2 unspecified atom stereocenters. The first-order chi connectivity index (χ1) is 10.2. The normalized spacial score (nSPS) is 33.6. The van der Waals surface area contributed by atoms with E-state index < -0.39 is 8.56 Å². The van der Waals surface area contributed by atoms with E-state index in [9.17, 15) is 0 Å². The summed E-state index contributed by atoms with van der Waals surface area (Å²) in [4.78, 5) is 4.90. The van der Waals surface area contributed by atoms with Crippen LogP contribution in [0.25, 0.3) is 0 Å². The second-order valence-corrected chi connectivity index (χ2v) is 9.77. The summed E-state index contributed by atoms with van der Waals surface area (Å²) in [5.74, 6) is 0. The summed E-state index contributed by atoms with van der Waals surface area (Å²) in [7, 11) is 0.174. The van der Waals surface area contributed by atoms with Crippen molar-refractivity contribution in [3.8, 4) is 0 Å². The van der Waals surface area contributed by atoms with Crippen LogP contribution in [-0.4, -0.2) is 84.1 Å². The minimum Gasteiger partial charge on any atom is -0.394 e. The molecule has 2 aliphatic rings. The third-order valence-corrected chi connectivity index (χ3v) is 8.31. The van der Waals surface area contributed by atoms with Crippen molar-refractivity contribution in [2.24, 2.45) is 0 Å². The van der Waals surface area contributed by atoms with Crippen LogP contribution in [-0.2, 0) is 13.6 Å². The van der Waals surface area contributed by atoms with Crippen molar-refractivity contribution in [1.82, 2.24) is 9.80 Å². The van der Waals surface area contributed by atoms with Crippen molar-refractivity contribution in [3.63, 3.8) is 0 Å². The number of piperazine rings is 1. The summed E-state index contributed by atoms with van der Waals surface area (Å²) in [6, 6.07) is 2.11. The van der Waals surface area contributed by atoms with E-state index in [-0.39, 0.29) is 6.10 Å². The van der Waals surface area contributed by atoms with Gasteiger partial charge in [-0.1, -0.05) is 6.92 Å². The monoisotopic (exact) mass is 316 g/mol. The van der Waals surface area contributed by atoms with E-state index in [0.717, 1.165) is 64.4 Å². The van der Waals surface area contributed by atoms with E-state index in [1.165, 1.54) is 0 Å². The van der Waals surface area contributed by atoms with E-state index >= 15 is 0 Å². The lowest BCUT2D eigenvalue weighted by Gasteiger charge is -2.39. The van der Waals surface area contributed by atoms with Crippen molar-refractivity contribution >= 4 is 8.56 Å². The van der Waals surface area contributed by atoms with Crippen LogP contribution in [0.5, 0.6) is 0 Å². The van der Waals surface area contributed by atoms with Crippen molar-refractivity contribution in [2.45, 2.75) is 38.5 Å². The minimum absolute atomic E-state index is 0.173. The van der Waals surface area contributed by atoms with Gasteiger partial charge in [0.2, 0.25) is 0 Å². The summed E-state index contributed by atoms with van der Waals surface area (Å²) in [5, 5.41) is 0. The molecule has 5 nitrogen and oxygen atoms in total. The third-order valence-electron chi connectivity index (χ3n) is 4.54. The summed E-state index contributed by atoms with van der Waals surface area (Å²) in [5.41, 5.74) is 0. The second kappa shape index (κ2) is 8.60. The van der Waals surface area contributed by atoms with E-state index in [1.807, 2.05) is 0 Å². The smallest absolute Gasteiger partial charge is 0.338 e. The number of likely N-dealkylation sites (N-methyl/N-ethyl adjacent to an activating group) is 1. The number of nitrogens with zero attached hydrogens (tertiary/aromatic N) is 2. The van der Waals surface area contributed by atoms with Gasteiger partial charge in [-0.2, -0.15) is 0 Å². The van der Waals surface area contributed by atoms with E-state index in [2.05, 4.69) is 30.7 Å². The van der Waals surface area contributed by atoms with Crippen LogP contribution >= 0.6 is 0 Å². The van der Waals surface area contributed by atoms with Gasteiger partial charge in [0.25, 0.3) is 0 Å². The molecule has 0 aliphatic carbocycles. The zero-order chi connectivity index (χ0) is 15.1. The Balaban J connectivity index is 1.92. The van der Waals surface area contributed by atoms with Gasteiger partial charge >= 0.3 is 8.56 Å². The predicted molar refractivity (Wildman–Crippen MR) is 86.9 cm³/mol. The molecule has 2 aliphatic heterocycles. The molecule has 124 valence electrons. The van der Waals surface area contributed by atoms with Crippen molar-refractivity contribution < 1.29 is 13.6 Å². The maximum Gasteiger partial charge on any atom is 0.338 e. The Kier molecular flexibility index (Phi) is 7.11. The molecular weight excluding hydrogens is 284 g/mol. The molecule has 0 spiro atoms. The third kappa shape index (κ3) is 5.30. The first-order valence-electron chi connectivity index (χ1n) is 8.48. The predicted octanol–water partition coefficient (Wildman–Crippen LogP) is 1.54. The van der Waals surface area contributed by atoms with Crippen LogP contribution in [0, 0.1) is 0 Å². The molecule has 0 amide bonds. The largest absolute Gasteiger partial charge is 0.394 e. The molecule has 0 saturated carbocycles. The number of hydrogen-bond acceptors (Lipinski definition) is 5. The summed E-state index contributed by atoms with van der Waals surface area (Å²) in [6.07, 6.45) is 1.24. The van der Waals surface area contributed by atoms with Crippen LogP contribution in [0.15, 0.2) is 0 Å². The van der Waals surface area contributed by atoms with Gasteiger partial charge in [-0.25, -0.2) is 0 Å². The Morgan fingerprint density at radius 1 is 1.19 bits per heavy atom. The standard InChI is InChI=1S/C15H32N2O3Si/c1-4-19-21(5-2)12-6-11-18-14-15(20-21)13-17-9-7-16(3)8-10-17/h15H,4-14H2,1-3H3. The Labute approximate surface area is 130 Å². The Morgan fingerprint density at radius 3 is 2.62 bits per heavy atom. The van der Waals surface area contributed by atoms with Crippen molar-refractivity contribution in [1.29, 1.82) is 0 Å². The fourth-order valence-electron chi connectivity index (χ4n) is 3.19. The van der Waals surface area contributed by atoms with E-state index in [0.29, 0.717) is 6.61 Å². The van der Waals surface area contributed by atoms with Crippen molar-refractivity contribution in [2.75, 3.05) is 59.6 Å². The summed E-state index contributed by atoms with van der Waals surface area (Å²) >= 11 is 0. The maximum absolute atomic E-state index is 6.53. The Morgan fingerprint density at radius 2 is 1.95 bits per heavy atom. The van der Waals surface area contributed by atoms with Gasteiger partial charge in [-0.15, -0.1) is 0 Å². The molecule has 0 radical (unpaired) electrons. The highest BCUT2D eigenvalue weighted by Crippen LogP contribution is 2.25. The lowest BCUT2D eigenvalue weighted by Crippen LogP contribution is -2.53. The molecule has 0 aromatic heterocycles. The van der Waals surface area contributed by atoms with Crippen LogP contribution in [0.2, 0.25) is 12.1 Å². The Bertz CT molecular complexity index is 301. The zero-order valence-corrected chi connectivity index (χ0v) is 15.0. The molecule has 6 heteroatoms. The molecule has 0 bridgehead atoms. The van der Waals surface area contributed by atoms with Crippen molar-refractivity contribution in [3.05, 3.63) is 0 Å². The fourth-order valence-corrected chi connectivity index (χ4v) is 6.21. The van der Waals surface area contributed by atoms with Gasteiger partial charge in [-0.3, -0.25) is 4.90 Å². The molecule has 2 heterocycles. The first-order valence-corrected chi connectivity index (χ1v) is 10.7. The zero-order valence-electron chi connectivity index (χ0n) is 14.0. The number of ether oxygens (including phenoxy) is 1. The van der Waals surface area contributed by atoms with E-state index in [1.54, 1.807) is 0 Å². The molecule has 2 fully saturated rings. The van der Waals surface area contributed by atoms with Gasteiger partial charge in [0, 0.05) is 45.9 Å². The highest BCUT2D eigenvalue weighted by molar-refractivity contribution is 6.67. The highest BCUT2D eigenvalue weighted by atomic mass is 28.4. The topological polar surface area (TPSA) is 34.2 Å². The maximum atomic E-state index is 6.53. The van der Waals surface area contributed by atoms with Crippen LogP contribution in [0.1, 0.15) is 20.3 Å². The molecular formula is C15H32N2O3Si. The molecule has 2 saturated heterocycles. The van der Waals surface area contributed by atoms with Gasteiger partial charge in [0.1, 0.15) is 0 Å². The van der Waals surface area contributed by atoms with Crippen LogP contribution in [0.3, 0.4) is 0 Å². The summed E-state index contributed by atoms with van der Waals surface area (Å²) in [6.45, 7) is 12.2. The van der Waals surface area contributed by atoms with Gasteiger partial charge in [0.05, 0.1) is 12.7 Å². The average Bonchev–Trinajstić information content (AvgIpc) is 2.46. The lowest BCUT2D eigenvalue weighted by molar-refractivity contribution is -0.00902. The number of hydrogen-bond donors (Lipinski definition) is 0. The average molecular weight is 317 g/mol. The minimum atomic E-state index is -2.02.